The van der Waals surface area contributed by atoms with Crippen LogP contribution in [0.1, 0.15) is 29.0 Å². The van der Waals surface area contributed by atoms with Crippen LogP contribution >= 0.6 is 0 Å². The Morgan fingerprint density at radius 2 is 2.19 bits per heavy atom. The number of aromatic nitrogens is 2. The molecule has 0 fully saturated rings. The zero-order chi connectivity index (χ0) is 19.1. The Morgan fingerprint density at radius 1 is 1.30 bits per heavy atom. The van der Waals surface area contributed by atoms with E-state index in [0.717, 1.165) is 29.1 Å². The minimum absolute atomic E-state index is 0.234. The number of amides is 1. The van der Waals surface area contributed by atoms with Gasteiger partial charge >= 0.3 is 169 Å². The summed E-state index contributed by atoms with van der Waals surface area (Å²) in [4.78, 5) is 17.0. The fraction of sp³-hybridized carbons (Fsp3) is 0.250. The van der Waals surface area contributed by atoms with Gasteiger partial charge in [0.2, 0.25) is 0 Å². The number of rotatable bonds is 1. The first kappa shape index (κ1) is 19.3. The molecule has 1 aromatic heterocycles. The maximum absolute atomic E-state index is 12.5. The average Bonchev–Trinajstić information content (AvgIpc) is 3.15. The first-order valence-electron chi connectivity index (χ1n) is 8.69. The van der Waals surface area contributed by atoms with E-state index in [0.29, 0.717) is 23.7 Å². The van der Waals surface area contributed by atoms with Crippen molar-refractivity contribution in [2.24, 2.45) is 0 Å². The molecule has 0 spiro atoms. The van der Waals surface area contributed by atoms with Crippen LogP contribution in [0.4, 0.5) is 0 Å². The van der Waals surface area contributed by atoms with Crippen molar-refractivity contribution in [3.63, 3.8) is 0 Å². The number of carbonyl (C=O) groups excluding carboxylic acids is 1. The number of benzene rings is 1. The van der Waals surface area contributed by atoms with Crippen molar-refractivity contribution in [3.05, 3.63) is 66.4 Å². The van der Waals surface area contributed by atoms with Crippen LogP contribution in [-0.4, -0.2) is 33.1 Å². The van der Waals surface area contributed by atoms with E-state index in [4.69, 9.17) is 9.47 Å². The fourth-order valence-electron chi connectivity index (χ4n) is 2.70. The fourth-order valence-corrected chi connectivity index (χ4v) is 3.59. The van der Waals surface area contributed by atoms with Crippen LogP contribution in [-0.2, 0) is 25.9 Å². The number of fused-ring (bicyclic) bond motifs is 2. The molecule has 0 unspecified atom stereocenters. The second-order valence-corrected chi connectivity index (χ2v) is 7.50. The quantitative estimate of drug-likeness (QED) is 0.611. The summed E-state index contributed by atoms with van der Waals surface area (Å²) in [6.07, 6.45) is 13.0. The first-order valence-corrected chi connectivity index (χ1v) is 10.2. The second-order valence-electron chi connectivity index (χ2n) is 5.92. The molecule has 2 heterocycles. The van der Waals surface area contributed by atoms with Crippen molar-refractivity contribution in [1.29, 1.82) is 0 Å². The molecule has 0 saturated heterocycles. The predicted octanol–water partition coefficient (Wildman–Crippen LogP) is 2.63. The van der Waals surface area contributed by atoms with E-state index in [9.17, 15) is 4.79 Å². The number of imidazole rings is 1. The molecule has 1 aliphatic heterocycles. The molecule has 0 aliphatic carbocycles. The number of methoxy groups -OCH3 is 1. The van der Waals surface area contributed by atoms with Crippen molar-refractivity contribution in [1.82, 2.24) is 14.9 Å². The number of nitrogens with one attached hydrogen (secondary N) is 1. The molecule has 0 atom stereocenters. The van der Waals surface area contributed by atoms with Crippen LogP contribution in [0.25, 0.3) is 0 Å². The van der Waals surface area contributed by atoms with Crippen molar-refractivity contribution < 1.29 is 33.6 Å². The van der Waals surface area contributed by atoms with Gasteiger partial charge in [0.05, 0.1) is 0 Å². The van der Waals surface area contributed by atoms with E-state index in [1.54, 1.807) is 37.6 Å². The van der Waals surface area contributed by atoms with Gasteiger partial charge in [-0.25, -0.2) is 0 Å². The van der Waals surface area contributed by atoms with E-state index in [-0.39, 0.29) is 5.91 Å². The SMILES string of the molecule is COc1ccc2c(c1)C(=O)NC=CC=C[C](=[W])c1nccn1CCCCO2. The second kappa shape index (κ2) is 9.47. The molecule has 7 heteroatoms. The Morgan fingerprint density at radius 3 is 3.04 bits per heavy atom. The molecule has 1 aromatic carbocycles. The van der Waals surface area contributed by atoms with Crippen LogP contribution in [0.15, 0.2) is 55.0 Å². The van der Waals surface area contributed by atoms with Crippen molar-refractivity contribution in [2.45, 2.75) is 19.4 Å². The van der Waals surface area contributed by atoms with E-state index in [2.05, 4.69) is 14.9 Å². The van der Waals surface area contributed by atoms with Gasteiger partial charge in [0.1, 0.15) is 0 Å². The standard InChI is InChI=1S/C20H21N3O3.W/c1-25-16-8-9-18-17(15-16)20(24)22-10-4-2-3-7-19-21-11-13-23(19)12-5-6-14-26-18;/h2-4,8-11,13,15H,5-6,12,14H2,1H3,(H,22,24);. The van der Waals surface area contributed by atoms with Crippen LogP contribution < -0.4 is 14.8 Å². The van der Waals surface area contributed by atoms with Crippen molar-refractivity contribution in [2.75, 3.05) is 13.7 Å². The summed E-state index contributed by atoms with van der Waals surface area (Å²) in [7, 11) is 1.58. The molecule has 1 N–H and O–H groups in total. The van der Waals surface area contributed by atoms with Gasteiger partial charge in [-0.05, 0) is 0 Å². The summed E-state index contributed by atoms with van der Waals surface area (Å²) in [5.74, 6) is 1.93. The summed E-state index contributed by atoms with van der Waals surface area (Å²) < 4.78 is 14.4. The number of aryl methyl sites for hydroxylation is 1. The Bertz CT molecular complexity index is 886. The van der Waals surface area contributed by atoms with Gasteiger partial charge < -0.3 is 0 Å². The molecule has 1 aliphatic rings. The zero-order valence-electron chi connectivity index (χ0n) is 15.1. The summed E-state index contributed by atoms with van der Waals surface area (Å²) in [6.45, 7) is 1.43. The van der Waals surface area contributed by atoms with Gasteiger partial charge in [0, 0.05) is 0 Å². The Kier molecular flexibility index (Phi) is 6.77. The minimum atomic E-state index is -0.234. The van der Waals surface area contributed by atoms with Gasteiger partial charge in [0.25, 0.3) is 0 Å². The first-order chi connectivity index (χ1) is 13.2. The Hall–Kier alpha value is -2.46. The van der Waals surface area contributed by atoms with Gasteiger partial charge in [0.15, 0.2) is 0 Å². The molecule has 140 valence electrons. The summed E-state index contributed by atoms with van der Waals surface area (Å²) >= 11 is 1.34. The third kappa shape index (κ3) is 5.04. The molecule has 0 radical (unpaired) electrons. The molecule has 6 nitrogen and oxygen atoms in total. The Labute approximate surface area is 169 Å². The van der Waals surface area contributed by atoms with Crippen LogP contribution in [0.5, 0.6) is 11.5 Å². The monoisotopic (exact) mass is 535 g/mol. The maximum atomic E-state index is 12.5. The summed E-state index contributed by atoms with van der Waals surface area (Å²) in [5.41, 5.74) is 0.458. The molecule has 27 heavy (non-hydrogen) atoms. The summed E-state index contributed by atoms with van der Waals surface area (Å²) in [5, 5.41) is 2.77. The van der Waals surface area contributed by atoms with Crippen LogP contribution in [0, 0.1) is 0 Å². The van der Waals surface area contributed by atoms with E-state index in [1.807, 2.05) is 24.5 Å². The molecule has 0 saturated carbocycles. The van der Waals surface area contributed by atoms with Gasteiger partial charge in [-0.3, -0.25) is 0 Å². The number of hydrogen-bond donors (Lipinski definition) is 1. The molecule has 0 bridgehead atoms. The van der Waals surface area contributed by atoms with E-state index >= 15 is 0 Å². The third-order valence-corrected chi connectivity index (χ3v) is 5.23. The van der Waals surface area contributed by atoms with E-state index in [1.165, 1.54) is 19.4 Å². The van der Waals surface area contributed by atoms with Gasteiger partial charge in [-0.15, -0.1) is 0 Å². The predicted molar refractivity (Wildman–Crippen MR) is 99.8 cm³/mol. The number of hydrogen-bond acceptors (Lipinski definition) is 4. The molecule has 1 amide bonds. The molecule has 3 rings (SSSR count). The molecular weight excluding hydrogens is 514 g/mol. The molecular formula is C20H21N3O3W. The third-order valence-electron chi connectivity index (χ3n) is 4.09. The zero-order valence-corrected chi connectivity index (χ0v) is 18.0. The molecule has 2 aromatic rings. The van der Waals surface area contributed by atoms with Gasteiger partial charge in [-0.2, -0.15) is 0 Å². The summed E-state index contributed by atoms with van der Waals surface area (Å²) in [6, 6.07) is 5.26. The van der Waals surface area contributed by atoms with Crippen molar-refractivity contribution in [3.8, 4) is 11.5 Å². The Balaban J connectivity index is 1.83. The number of ether oxygens (including phenoxy) is 2. The topological polar surface area (TPSA) is 65.4 Å². The normalized spacial score (nSPS) is 15.4. The van der Waals surface area contributed by atoms with Crippen molar-refractivity contribution >= 4 is 9.81 Å². The van der Waals surface area contributed by atoms with E-state index < -0.39 is 0 Å². The number of nitrogens with zero attached hydrogens (tertiary/aromatic N) is 2. The van der Waals surface area contributed by atoms with Gasteiger partial charge in [-0.1, -0.05) is 0 Å². The van der Waals surface area contributed by atoms with Crippen LogP contribution in [0.2, 0.25) is 0 Å². The van der Waals surface area contributed by atoms with Crippen LogP contribution in [0.3, 0.4) is 0 Å². The number of allylic oxidation sites excluding steroid dienone is 3. The number of carbonyl (C=O) groups is 1. The average molecular weight is 535 g/mol.